The summed E-state index contributed by atoms with van der Waals surface area (Å²) in [6, 6.07) is 0. The van der Waals surface area contributed by atoms with Crippen LogP contribution in [0, 0.1) is 6.92 Å². The number of alkyl halides is 1. The second-order valence-electron chi connectivity index (χ2n) is 2.05. The zero-order valence-corrected chi connectivity index (χ0v) is 8.30. The zero-order chi connectivity index (χ0) is 7.56. The van der Waals surface area contributed by atoms with Crippen molar-refractivity contribution >= 4 is 35.6 Å². The summed E-state index contributed by atoms with van der Waals surface area (Å²) in [7, 11) is 0. The Morgan fingerprint density at radius 1 is 1.45 bits per heavy atom. The summed E-state index contributed by atoms with van der Waals surface area (Å²) in [6.07, 6.45) is 3.36. The van der Waals surface area contributed by atoms with Gasteiger partial charge in [0.25, 0.3) is 0 Å². The average Bonchev–Trinajstić information content (AvgIpc) is 1.88. The van der Waals surface area contributed by atoms with Gasteiger partial charge in [-0.2, -0.15) is 0 Å². The van der Waals surface area contributed by atoms with E-state index < -0.39 is 0 Å². The quantitative estimate of drug-likeness (QED) is 0.652. The first-order valence-corrected chi connectivity index (χ1v) is 3.82. The number of aryl methyl sites for hydroxylation is 1. The number of nitrogens with zero attached hydrogens (tertiary/aromatic N) is 1. The maximum Gasteiger partial charge on any atom is 0.0636 e. The van der Waals surface area contributed by atoms with Gasteiger partial charge in [-0.25, -0.2) is 0 Å². The third kappa shape index (κ3) is 2.51. The third-order valence-corrected chi connectivity index (χ3v) is 1.95. The van der Waals surface area contributed by atoms with Gasteiger partial charge in [0, 0.05) is 18.3 Å². The average molecular weight is 213 g/mol. The van der Waals surface area contributed by atoms with Crippen LogP contribution in [-0.4, -0.2) is 4.98 Å². The summed E-state index contributed by atoms with van der Waals surface area (Å²) in [5.41, 5.74) is 2.01. The van der Waals surface area contributed by atoms with Crippen LogP contribution in [0.25, 0.3) is 0 Å². The van der Waals surface area contributed by atoms with Gasteiger partial charge in [0.05, 0.1) is 5.02 Å². The van der Waals surface area contributed by atoms with Crippen molar-refractivity contribution in [2.75, 3.05) is 0 Å². The van der Waals surface area contributed by atoms with Crippen LogP contribution in [0.1, 0.15) is 11.1 Å². The highest BCUT2D eigenvalue weighted by Gasteiger charge is 2.00. The van der Waals surface area contributed by atoms with Crippen LogP contribution < -0.4 is 0 Å². The van der Waals surface area contributed by atoms with Gasteiger partial charge < -0.3 is 0 Å². The molecular weight excluding hydrogens is 204 g/mol. The topological polar surface area (TPSA) is 12.9 Å². The smallest absolute Gasteiger partial charge is 0.0636 e. The van der Waals surface area contributed by atoms with Crippen LogP contribution >= 0.6 is 35.6 Å². The number of hydrogen-bond acceptors (Lipinski definition) is 1. The highest BCUT2D eigenvalue weighted by atomic mass is 35.5. The normalized spacial score (nSPS) is 9.00. The first kappa shape index (κ1) is 11.0. The number of hydrogen-bond donors (Lipinski definition) is 0. The van der Waals surface area contributed by atoms with Crippen LogP contribution in [0.2, 0.25) is 5.02 Å². The summed E-state index contributed by atoms with van der Waals surface area (Å²) < 4.78 is 0. The lowest BCUT2D eigenvalue weighted by atomic mass is 10.2. The maximum atomic E-state index is 5.78. The molecule has 1 nitrogen and oxygen atoms in total. The molecule has 0 saturated carbocycles. The Balaban J connectivity index is 0.000001000. The maximum absolute atomic E-state index is 5.78. The molecule has 0 atom stereocenters. The molecule has 1 aromatic heterocycles. The van der Waals surface area contributed by atoms with Crippen LogP contribution in [0.4, 0.5) is 0 Å². The molecule has 11 heavy (non-hydrogen) atoms. The molecule has 0 fully saturated rings. The fourth-order valence-corrected chi connectivity index (χ4v) is 1.42. The first-order valence-electron chi connectivity index (χ1n) is 2.90. The number of rotatable bonds is 1. The van der Waals surface area contributed by atoms with E-state index in [2.05, 4.69) is 4.98 Å². The molecule has 0 spiro atoms. The summed E-state index contributed by atoms with van der Waals surface area (Å²) in [5.74, 6) is 0.452. The van der Waals surface area contributed by atoms with E-state index in [-0.39, 0.29) is 12.4 Å². The highest BCUT2D eigenvalue weighted by Crippen LogP contribution is 2.19. The van der Waals surface area contributed by atoms with Gasteiger partial charge in [0.15, 0.2) is 0 Å². The minimum Gasteiger partial charge on any atom is -0.263 e. The Bertz CT molecular complexity index is 217. The summed E-state index contributed by atoms with van der Waals surface area (Å²) in [5, 5.41) is 0.648. The standard InChI is InChI=1S/C7H7Cl2N.ClH/c1-5-3-10-4-7(9)6(5)2-8;/h3-4H,2H2,1H3;1H. The van der Waals surface area contributed by atoms with Gasteiger partial charge >= 0.3 is 0 Å². The molecule has 0 N–H and O–H groups in total. The molecule has 4 heteroatoms. The molecule has 0 aliphatic heterocycles. The van der Waals surface area contributed by atoms with E-state index in [1.165, 1.54) is 0 Å². The number of pyridine rings is 1. The second-order valence-corrected chi connectivity index (χ2v) is 2.72. The highest BCUT2D eigenvalue weighted by molar-refractivity contribution is 6.32. The summed E-state index contributed by atoms with van der Waals surface area (Å²) >= 11 is 11.4. The lowest BCUT2D eigenvalue weighted by Crippen LogP contribution is -1.87. The second kappa shape index (κ2) is 4.81. The Morgan fingerprint density at radius 3 is 2.45 bits per heavy atom. The third-order valence-electron chi connectivity index (χ3n) is 1.35. The number of aromatic nitrogens is 1. The molecule has 0 aliphatic carbocycles. The summed E-state index contributed by atoms with van der Waals surface area (Å²) in [4.78, 5) is 3.90. The molecule has 0 unspecified atom stereocenters. The molecule has 0 radical (unpaired) electrons. The molecule has 1 heterocycles. The lowest BCUT2D eigenvalue weighted by Gasteiger charge is -2.01. The van der Waals surface area contributed by atoms with Crippen molar-refractivity contribution in [1.82, 2.24) is 4.98 Å². The van der Waals surface area contributed by atoms with E-state index in [0.29, 0.717) is 10.9 Å². The van der Waals surface area contributed by atoms with Gasteiger partial charge in [0.1, 0.15) is 0 Å². The van der Waals surface area contributed by atoms with Crippen molar-refractivity contribution < 1.29 is 0 Å². The van der Waals surface area contributed by atoms with E-state index >= 15 is 0 Å². The van der Waals surface area contributed by atoms with Crippen molar-refractivity contribution in [3.8, 4) is 0 Å². The van der Waals surface area contributed by atoms with Crippen molar-refractivity contribution in [1.29, 1.82) is 0 Å². The van der Waals surface area contributed by atoms with Gasteiger partial charge in [-0.15, -0.1) is 24.0 Å². The van der Waals surface area contributed by atoms with Crippen LogP contribution in [0.15, 0.2) is 12.4 Å². The zero-order valence-electron chi connectivity index (χ0n) is 5.97. The van der Waals surface area contributed by atoms with Crippen LogP contribution in [0.5, 0.6) is 0 Å². The molecule has 0 aromatic carbocycles. The lowest BCUT2D eigenvalue weighted by molar-refractivity contribution is 1.20. The molecule has 62 valence electrons. The van der Waals surface area contributed by atoms with Gasteiger partial charge in [-0.05, 0) is 18.1 Å². The van der Waals surface area contributed by atoms with Gasteiger partial charge in [0.2, 0.25) is 0 Å². The molecular formula is C7H8Cl3N. The SMILES string of the molecule is Cc1cncc(Cl)c1CCl.Cl. The predicted octanol–water partition coefficient (Wildman–Crippen LogP) is 3.20. The largest absolute Gasteiger partial charge is 0.263 e. The molecule has 0 amide bonds. The molecule has 0 saturated heterocycles. The minimum absolute atomic E-state index is 0. The fourth-order valence-electron chi connectivity index (χ4n) is 0.728. The van der Waals surface area contributed by atoms with Gasteiger partial charge in [-0.3, -0.25) is 4.98 Å². The molecule has 0 aliphatic rings. The molecule has 1 aromatic rings. The minimum atomic E-state index is 0. The monoisotopic (exact) mass is 211 g/mol. The number of halogens is 3. The van der Waals surface area contributed by atoms with Gasteiger partial charge in [-0.1, -0.05) is 11.6 Å². The van der Waals surface area contributed by atoms with E-state index in [9.17, 15) is 0 Å². The Labute approximate surface area is 82.1 Å². The Morgan fingerprint density at radius 2 is 2.09 bits per heavy atom. The van der Waals surface area contributed by atoms with Crippen molar-refractivity contribution in [3.63, 3.8) is 0 Å². The fraction of sp³-hybridized carbons (Fsp3) is 0.286. The van der Waals surface area contributed by atoms with E-state index in [4.69, 9.17) is 23.2 Å². The van der Waals surface area contributed by atoms with Crippen molar-refractivity contribution in [2.24, 2.45) is 0 Å². The van der Waals surface area contributed by atoms with Crippen molar-refractivity contribution in [3.05, 3.63) is 28.5 Å². The van der Waals surface area contributed by atoms with E-state index in [1.807, 2.05) is 6.92 Å². The van der Waals surface area contributed by atoms with E-state index in [0.717, 1.165) is 11.1 Å². The molecule has 0 bridgehead atoms. The van der Waals surface area contributed by atoms with Crippen LogP contribution in [-0.2, 0) is 5.88 Å². The Kier molecular flexibility index (Phi) is 4.82. The molecule has 1 rings (SSSR count). The summed E-state index contributed by atoms with van der Waals surface area (Å²) in [6.45, 7) is 1.94. The van der Waals surface area contributed by atoms with Crippen molar-refractivity contribution in [2.45, 2.75) is 12.8 Å². The first-order chi connectivity index (χ1) is 4.75. The van der Waals surface area contributed by atoms with E-state index in [1.54, 1.807) is 12.4 Å². The Hall–Kier alpha value is 0.0200. The van der Waals surface area contributed by atoms with Crippen LogP contribution in [0.3, 0.4) is 0 Å². The predicted molar refractivity (Wildman–Crippen MR) is 50.8 cm³/mol.